The van der Waals surface area contributed by atoms with Crippen LogP contribution in [0.5, 0.6) is 0 Å². The maximum Gasteiger partial charge on any atom is 0.416 e. The Bertz CT molecular complexity index is 1190. The van der Waals surface area contributed by atoms with Crippen LogP contribution in [0.25, 0.3) is 20.8 Å². The van der Waals surface area contributed by atoms with Crippen LogP contribution in [0.3, 0.4) is 0 Å². The van der Waals surface area contributed by atoms with Crippen molar-refractivity contribution in [1.82, 2.24) is 14.5 Å². The number of rotatable bonds is 4. The first-order chi connectivity index (χ1) is 13.3. The third-order valence-electron chi connectivity index (χ3n) is 4.02. The lowest BCUT2D eigenvalue weighted by Crippen LogP contribution is -2.19. The van der Waals surface area contributed by atoms with Gasteiger partial charge < -0.3 is 0 Å². The molecule has 10 heteroatoms. The zero-order valence-corrected chi connectivity index (χ0v) is 16.8. The molecule has 0 saturated carbocycles. The third-order valence-corrected chi connectivity index (χ3v) is 6.83. The van der Waals surface area contributed by atoms with E-state index in [4.69, 9.17) is 0 Å². The second kappa shape index (κ2) is 7.34. The molecule has 0 spiro atoms. The number of aromatic nitrogens is 3. The van der Waals surface area contributed by atoms with E-state index in [-0.39, 0.29) is 5.56 Å². The van der Waals surface area contributed by atoms with Crippen molar-refractivity contribution in [3.8, 4) is 10.6 Å². The molecule has 4 rings (SSSR count). The van der Waals surface area contributed by atoms with Crippen LogP contribution in [0.2, 0.25) is 0 Å². The summed E-state index contributed by atoms with van der Waals surface area (Å²) in [4.78, 5) is 22.1. The number of nitrogens with zero attached hydrogens (tertiary/aromatic N) is 3. The van der Waals surface area contributed by atoms with Gasteiger partial charge in [0.05, 0.1) is 16.6 Å². The van der Waals surface area contributed by atoms with E-state index >= 15 is 0 Å². The summed E-state index contributed by atoms with van der Waals surface area (Å²) >= 11 is 4.19. The lowest BCUT2D eigenvalue weighted by Gasteiger charge is -2.06. The number of thioether (sulfide) groups is 1. The minimum Gasteiger partial charge on any atom is -0.290 e. The first-order valence-corrected chi connectivity index (χ1v) is 10.8. The largest absolute Gasteiger partial charge is 0.416 e. The highest BCUT2D eigenvalue weighted by molar-refractivity contribution is 7.98. The molecule has 0 N–H and O–H groups in total. The van der Waals surface area contributed by atoms with E-state index in [2.05, 4.69) is 9.97 Å². The van der Waals surface area contributed by atoms with Gasteiger partial charge in [0.15, 0.2) is 5.16 Å². The van der Waals surface area contributed by atoms with Crippen LogP contribution in [0.4, 0.5) is 13.2 Å². The van der Waals surface area contributed by atoms with Crippen LogP contribution < -0.4 is 5.56 Å². The van der Waals surface area contributed by atoms with Gasteiger partial charge in [-0.2, -0.15) is 13.2 Å². The van der Waals surface area contributed by atoms with Gasteiger partial charge in [0.2, 0.25) is 0 Å². The minimum absolute atomic E-state index is 0.0857. The van der Waals surface area contributed by atoms with Gasteiger partial charge in [-0.05, 0) is 23.6 Å². The Morgan fingerprint density at radius 1 is 1.11 bits per heavy atom. The van der Waals surface area contributed by atoms with Crippen molar-refractivity contribution >= 4 is 44.7 Å². The van der Waals surface area contributed by atoms with Crippen LogP contribution in [-0.2, 0) is 19.0 Å². The molecule has 4 aromatic rings. The van der Waals surface area contributed by atoms with Gasteiger partial charge in [-0.25, -0.2) is 9.97 Å². The van der Waals surface area contributed by atoms with Crippen molar-refractivity contribution in [3.05, 3.63) is 62.7 Å². The van der Waals surface area contributed by atoms with Gasteiger partial charge in [-0.15, -0.1) is 22.7 Å². The quantitative estimate of drug-likeness (QED) is 0.314. The fraction of sp³-hybridized carbons (Fsp3) is 0.167. The van der Waals surface area contributed by atoms with Crippen LogP contribution >= 0.6 is 34.4 Å². The van der Waals surface area contributed by atoms with Gasteiger partial charge in [-0.1, -0.05) is 23.9 Å². The lowest BCUT2D eigenvalue weighted by molar-refractivity contribution is -0.137. The van der Waals surface area contributed by atoms with Crippen molar-refractivity contribution in [2.24, 2.45) is 7.05 Å². The van der Waals surface area contributed by atoms with E-state index in [9.17, 15) is 18.0 Å². The van der Waals surface area contributed by atoms with E-state index in [1.165, 1.54) is 51.1 Å². The summed E-state index contributed by atoms with van der Waals surface area (Å²) in [7, 11) is 1.68. The maximum absolute atomic E-state index is 12.7. The summed E-state index contributed by atoms with van der Waals surface area (Å²) in [5.41, 5.74) is 0.655. The van der Waals surface area contributed by atoms with E-state index in [1.807, 2.05) is 10.8 Å². The highest BCUT2D eigenvalue weighted by Crippen LogP contribution is 2.32. The highest BCUT2D eigenvalue weighted by Gasteiger charge is 2.30. The molecule has 0 bridgehead atoms. The van der Waals surface area contributed by atoms with E-state index in [0.29, 0.717) is 31.7 Å². The molecule has 0 aliphatic heterocycles. The Hall–Kier alpha value is -2.17. The molecule has 0 radical (unpaired) electrons. The Labute approximate surface area is 169 Å². The van der Waals surface area contributed by atoms with Crippen molar-refractivity contribution in [3.63, 3.8) is 0 Å². The zero-order chi connectivity index (χ0) is 19.9. The molecule has 3 heterocycles. The van der Waals surface area contributed by atoms with Gasteiger partial charge in [0.1, 0.15) is 9.84 Å². The molecule has 0 unspecified atom stereocenters. The Morgan fingerprint density at radius 2 is 1.86 bits per heavy atom. The van der Waals surface area contributed by atoms with Crippen molar-refractivity contribution < 1.29 is 13.2 Å². The topological polar surface area (TPSA) is 47.8 Å². The molecular formula is C18H12F3N3OS3. The standard InChI is InChI=1S/C18H12F3N3OS3/c1-24-16(25)13-6-7-26-15(13)23-17(24)28-9-12-8-27-14(22-12)10-2-4-11(5-3-10)18(19,20)21/h2-8H,9H2,1H3. The third kappa shape index (κ3) is 3.71. The zero-order valence-electron chi connectivity index (χ0n) is 14.4. The summed E-state index contributed by atoms with van der Waals surface area (Å²) in [6.07, 6.45) is -4.35. The van der Waals surface area contributed by atoms with E-state index < -0.39 is 11.7 Å². The number of hydrogen-bond donors (Lipinski definition) is 0. The van der Waals surface area contributed by atoms with Crippen LogP contribution in [0.1, 0.15) is 11.3 Å². The molecule has 0 saturated heterocycles. The van der Waals surface area contributed by atoms with Gasteiger partial charge in [-0.3, -0.25) is 9.36 Å². The summed E-state index contributed by atoms with van der Waals surface area (Å²) in [6, 6.07) is 6.73. The summed E-state index contributed by atoms with van der Waals surface area (Å²) in [5.74, 6) is 0.508. The molecule has 3 aromatic heterocycles. The van der Waals surface area contributed by atoms with E-state index in [0.717, 1.165) is 17.8 Å². The predicted octanol–water partition coefficient (Wildman–Crippen LogP) is 5.43. The van der Waals surface area contributed by atoms with Crippen LogP contribution in [-0.4, -0.2) is 14.5 Å². The van der Waals surface area contributed by atoms with Gasteiger partial charge in [0, 0.05) is 23.7 Å². The molecular weight excluding hydrogens is 427 g/mol. The Balaban J connectivity index is 1.51. The normalized spacial score (nSPS) is 12.0. The van der Waals surface area contributed by atoms with Crippen molar-refractivity contribution in [1.29, 1.82) is 0 Å². The lowest BCUT2D eigenvalue weighted by atomic mass is 10.1. The second-order valence-electron chi connectivity index (χ2n) is 5.91. The molecule has 0 amide bonds. The smallest absolute Gasteiger partial charge is 0.290 e. The number of fused-ring (bicyclic) bond motifs is 1. The van der Waals surface area contributed by atoms with Gasteiger partial charge >= 0.3 is 6.18 Å². The van der Waals surface area contributed by atoms with Crippen molar-refractivity contribution in [2.75, 3.05) is 0 Å². The average Bonchev–Trinajstić information content (AvgIpc) is 3.32. The summed E-state index contributed by atoms with van der Waals surface area (Å²) in [6.45, 7) is 0. The molecule has 0 aliphatic carbocycles. The monoisotopic (exact) mass is 439 g/mol. The average molecular weight is 440 g/mol. The van der Waals surface area contributed by atoms with Crippen LogP contribution in [0.15, 0.2) is 51.0 Å². The van der Waals surface area contributed by atoms with Crippen LogP contribution in [0, 0.1) is 0 Å². The first kappa shape index (κ1) is 19.2. The van der Waals surface area contributed by atoms with Crippen molar-refractivity contribution in [2.45, 2.75) is 17.1 Å². The fourth-order valence-electron chi connectivity index (χ4n) is 2.56. The maximum atomic E-state index is 12.7. The second-order valence-corrected chi connectivity index (χ2v) is 8.60. The Kier molecular flexibility index (Phi) is 5.02. The summed E-state index contributed by atoms with van der Waals surface area (Å²) < 4.78 is 39.6. The molecule has 0 fully saturated rings. The molecule has 28 heavy (non-hydrogen) atoms. The molecule has 0 atom stereocenters. The Morgan fingerprint density at radius 3 is 2.57 bits per heavy atom. The number of benzene rings is 1. The summed E-state index contributed by atoms with van der Waals surface area (Å²) in [5, 5.41) is 5.56. The minimum atomic E-state index is -4.35. The molecule has 0 aliphatic rings. The predicted molar refractivity (Wildman–Crippen MR) is 107 cm³/mol. The number of thiophene rings is 1. The highest BCUT2D eigenvalue weighted by atomic mass is 32.2. The number of thiazole rings is 1. The van der Waals surface area contributed by atoms with E-state index in [1.54, 1.807) is 13.1 Å². The number of hydrogen-bond acceptors (Lipinski definition) is 6. The number of alkyl halides is 3. The molecule has 4 nitrogen and oxygen atoms in total. The first-order valence-electron chi connectivity index (χ1n) is 8.02. The number of halogens is 3. The molecule has 1 aromatic carbocycles. The fourth-order valence-corrected chi connectivity index (χ4v) is 5.16. The SMILES string of the molecule is Cn1c(SCc2csc(-c3ccc(C(F)(F)F)cc3)n2)nc2sccc2c1=O. The van der Waals surface area contributed by atoms with Gasteiger partial charge in [0.25, 0.3) is 5.56 Å². The molecule has 144 valence electrons.